The van der Waals surface area contributed by atoms with E-state index in [1.165, 1.54) is 17.8 Å². The molecule has 2 N–H and O–H groups in total. The summed E-state index contributed by atoms with van der Waals surface area (Å²) in [5.41, 5.74) is 0. The Morgan fingerprint density at radius 2 is 2.21 bits per heavy atom. The van der Waals surface area contributed by atoms with Gasteiger partial charge >= 0.3 is 0 Å². The maximum Gasteiger partial charge on any atom is 0.261 e. The van der Waals surface area contributed by atoms with Gasteiger partial charge in [-0.2, -0.15) is 4.72 Å². The molecule has 0 aromatic carbocycles. The number of halogens is 1. The minimum atomic E-state index is -3.91. The highest BCUT2D eigenvalue weighted by Gasteiger charge is 2.26. The molecule has 0 bridgehead atoms. The number of aromatic nitrogens is 2. The first kappa shape index (κ1) is 15.9. The smallest absolute Gasteiger partial charge is 0.261 e. The van der Waals surface area contributed by atoms with Gasteiger partial charge in [-0.1, -0.05) is 18.5 Å². The largest absolute Gasteiger partial charge is 0.355 e. The first-order valence-corrected chi connectivity index (χ1v) is 7.62. The van der Waals surface area contributed by atoms with Crippen molar-refractivity contribution in [2.45, 2.75) is 31.3 Å². The molecule has 1 atom stereocenters. The van der Waals surface area contributed by atoms with Crippen LogP contribution in [0.3, 0.4) is 0 Å². The van der Waals surface area contributed by atoms with E-state index in [2.05, 4.69) is 15.0 Å². The van der Waals surface area contributed by atoms with Crippen LogP contribution in [0.5, 0.6) is 0 Å². The lowest BCUT2D eigenvalue weighted by Gasteiger charge is -2.13. The molecule has 0 aliphatic rings. The van der Waals surface area contributed by atoms with Crippen molar-refractivity contribution in [3.63, 3.8) is 0 Å². The van der Waals surface area contributed by atoms with Crippen molar-refractivity contribution in [2.75, 3.05) is 6.54 Å². The molecule has 7 nitrogen and oxygen atoms in total. The van der Waals surface area contributed by atoms with E-state index in [-0.39, 0.29) is 10.2 Å². The average Bonchev–Trinajstić information content (AvgIpc) is 2.67. The van der Waals surface area contributed by atoms with Crippen molar-refractivity contribution >= 4 is 27.5 Å². The van der Waals surface area contributed by atoms with Gasteiger partial charge in [0.25, 0.3) is 10.0 Å². The highest BCUT2D eigenvalue weighted by atomic mass is 35.5. The number of amides is 1. The zero-order valence-electron chi connectivity index (χ0n) is 11.0. The van der Waals surface area contributed by atoms with Gasteiger partial charge in [-0.05, 0) is 13.3 Å². The van der Waals surface area contributed by atoms with E-state index in [9.17, 15) is 13.2 Å². The van der Waals surface area contributed by atoms with Gasteiger partial charge < -0.3 is 9.88 Å². The maximum atomic E-state index is 12.0. The number of hydrogen-bond acceptors (Lipinski definition) is 4. The first-order chi connectivity index (χ1) is 8.79. The third kappa shape index (κ3) is 3.92. The topological polar surface area (TPSA) is 93.1 Å². The van der Waals surface area contributed by atoms with Crippen molar-refractivity contribution < 1.29 is 13.2 Å². The molecule has 0 spiro atoms. The quantitative estimate of drug-likeness (QED) is 0.788. The van der Waals surface area contributed by atoms with Crippen molar-refractivity contribution in [1.82, 2.24) is 19.6 Å². The summed E-state index contributed by atoms with van der Waals surface area (Å²) >= 11 is 5.82. The van der Waals surface area contributed by atoms with Gasteiger partial charge in [-0.3, -0.25) is 4.79 Å². The van der Waals surface area contributed by atoms with Gasteiger partial charge in [0.2, 0.25) is 10.9 Å². The normalized spacial score (nSPS) is 13.3. The van der Waals surface area contributed by atoms with Crippen LogP contribution in [0.2, 0.25) is 5.15 Å². The van der Waals surface area contributed by atoms with E-state index >= 15 is 0 Å². The van der Waals surface area contributed by atoms with E-state index in [1.54, 1.807) is 7.05 Å². The van der Waals surface area contributed by atoms with Gasteiger partial charge in [0, 0.05) is 13.6 Å². The zero-order valence-corrected chi connectivity index (χ0v) is 12.5. The third-order valence-corrected chi connectivity index (χ3v) is 4.39. The second kappa shape index (κ2) is 6.36. The van der Waals surface area contributed by atoms with Gasteiger partial charge in [0.05, 0.1) is 12.4 Å². The van der Waals surface area contributed by atoms with Crippen LogP contribution in [0.15, 0.2) is 11.4 Å². The van der Waals surface area contributed by atoms with Gasteiger partial charge in [0.1, 0.15) is 5.15 Å². The molecule has 108 valence electrons. The fourth-order valence-electron chi connectivity index (χ4n) is 1.32. The van der Waals surface area contributed by atoms with Crippen molar-refractivity contribution in [1.29, 1.82) is 0 Å². The van der Waals surface area contributed by atoms with E-state index in [0.717, 1.165) is 6.42 Å². The van der Waals surface area contributed by atoms with E-state index in [4.69, 9.17) is 11.6 Å². The first-order valence-electron chi connectivity index (χ1n) is 5.76. The third-order valence-electron chi connectivity index (χ3n) is 2.36. The summed E-state index contributed by atoms with van der Waals surface area (Å²) in [4.78, 5) is 15.3. The molecule has 1 unspecified atom stereocenters. The molecule has 0 saturated heterocycles. The fraction of sp³-hybridized carbons (Fsp3) is 0.600. The van der Waals surface area contributed by atoms with Crippen LogP contribution in [0.1, 0.15) is 20.3 Å². The average molecular weight is 309 g/mol. The van der Waals surface area contributed by atoms with E-state index in [1.807, 2.05) is 6.92 Å². The number of nitrogens with zero attached hydrogens (tertiary/aromatic N) is 2. The lowest BCUT2D eigenvalue weighted by atomic mass is 10.3. The molecule has 19 heavy (non-hydrogen) atoms. The van der Waals surface area contributed by atoms with E-state index < -0.39 is 22.0 Å². The molecule has 0 aliphatic heterocycles. The molecule has 1 aromatic heterocycles. The van der Waals surface area contributed by atoms with Gasteiger partial charge in [-0.25, -0.2) is 13.4 Å². The van der Waals surface area contributed by atoms with Crippen molar-refractivity contribution in [3.05, 3.63) is 11.5 Å². The SMILES string of the molecule is CCCNC(=O)C(C)NS(=O)(=O)c1ncn(C)c1Cl. The molecule has 1 heterocycles. The zero-order chi connectivity index (χ0) is 14.6. The number of carbonyl (C=O) groups excluding carboxylic acids is 1. The molecule has 0 fully saturated rings. The van der Waals surface area contributed by atoms with Crippen molar-refractivity contribution in [3.8, 4) is 0 Å². The fourth-order valence-corrected chi connectivity index (χ4v) is 2.95. The van der Waals surface area contributed by atoms with Crippen LogP contribution in [0.4, 0.5) is 0 Å². The van der Waals surface area contributed by atoms with Crippen molar-refractivity contribution in [2.24, 2.45) is 7.05 Å². The minimum Gasteiger partial charge on any atom is -0.355 e. The molecule has 1 amide bonds. The van der Waals surface area contributed by atoms with Crippen LogP contribution in [0, 0.1) is 0 Å². The highest BCUT2D eigenvalue weighted by Crippen LogP contribution is 2.18. The molecular weight excluding hydrogens is 292 g/mol. The summed E-state index contributed by atoms with van der Waals surface area (Å²) in [6, 6.07) is -0.894. The summed E-state index contributed by atoms with van der Waals surface area (Å²) in [6.07, 6.45) is 2.07. The molecular formula is C10H17ClN4O3S. The molecule has 0 saturated carbocycles. The summed E-state index contributed by atoms with van der Waals surface area (Å²) in [6.45, 7) is 3.86. The predicted molar refractivity (Wildman–Crippen MR) is 71.3 cm³/mol. The molecule has 9 heteroatoms. The summed E-state index contributed by atoms with van der Waals surface area (Å²) < 4.78 is 27.6. The Morgan fingerprint density at radius 1 is 1.58 bits per heavy atom. The van der Waals surface area contributed by atoms with Crippen LogP contribution >= 0.6 is 11.6 Å². The minimum absolute atomic E-state index is 0.00586. The number of hydrogen-bond donors (Lipinski definition) is 2. The van der Waals surface area contributed by atoms with Gasteiger partial charge in [-0.15, -0.1) is 0 Å². The number of aryl methyl sites for hydroxylation is 1. The summed E-state index contributed by atoms with van der Waals surface area (Å²) in [5.74, 6) is -0.391. The molecule has 0 aliphatic carbocycles. The second-order valence-corrected chi connectivity index (χ2v) is 6.07. The Morgan fingerprint density at radius 3 is 2.68 bits per heavy atom. The van der Waals surface area contributed by atoms with Gasteiger partial charge in [0.15, 0.2) is 0 Å². The Kier molecular flexibility index (Phi) is 5.33. The lowest BCUT2D eigenvalue weighted by Crippen LogP contribution is -2.45. The van der Waals surface area contributed by atoms with Crippen LogP contribution in [0.25, 0.3) is 0 Å². The molecule has 1 rings (SSSR count). The lowest BCUT2D eigenvalue weighted by molar-refractivity contribution is -0.122. The number of nitrogens with one attached hydrogen (secondary N) is 2. The highest BCUT2D eigenvalue weighted by molar-refractivity contribution is 7.89. The summed E-state index contributed by atoms with van der Waals surface area (Å²) in [5, 5.41) is 2.31. The van der Waals surface area contributed by atoms with Crippen LogP contribution in [-0.2, 0) is 21.9 Å². The van der Waals surface area contributed by atoms with Crippen LogP contribution in [-0.4, -0.2) is 36.5 Å². The number of sulfonamides is 1. The maximum absolute atomic E-state index is 12.0. The Bertz CT molecular complexity index is 555. The number of rotatable bonds is 6. The summed E-state index contributed by atoms with van der Waals surface area (Å²) in [7, 11) is -2.34. The monoisotopic (exact) mass is 308 g/mol. The Balaban J connectivity index is 2.80. The molecule has 1 aromatic rings. The second-order valence-electron chi connectivity index (χ2n) is 4.09. The van der Waals surface area contributed by atoms with E-state index in [0.29, 0.717) is 6.54 Å². The molecule has 0 radical (unpaired) electrons. The van der Waals surface area contributed by atoms with Crippen LogP contribution < -0.4 is 10.0 Å². The number of imidazole rings is 1. The standard InChI is InChI=1S/C10H17ClN4O3S/c1-4-5-12-9(16)7(2)14-19(17,18)10-8(11)15(3)6-13-10/h6-7,14H,4-5H2,1-3H3,(H,12,16). The Hall–Kier alpha value is -1.12. The predicted octanol–water partition coefficient (Wildman–Crippen LogP) is 0.267. The number of carbonyl (C=O) groups is 1. The Labute approximate surface area is 117 Å².